The molecular weight excluding hydrogens is 352 g/mol. The minimum absolute atomic E-state index is 0.140. The van der Waals surface area contributed by atoms with E-state index in [9.17, 15) is 0 Å². The second-order valence-electron chi connectivity index (χ2n) is 7.99. The molecule has 28 heavy (non-hydrogen) atoms. The Labute approximate surface area is 164 Å². The van der Waals surface area contributed by atoms with E-state index in [-0.39, 0.29) is 6.04 Å². The Kier molecular flexibility index (Phi) is 4.29. The quantitative estimate of drug-likeness (QED) is 0.755. The molecule has 1 N–H and O–H groups in total. The molecule has 1 fully saturated rings. The highest BCUT2D eigenvalue weighted by molar-refractivity contribution is 5.58. The number of nitrogens with one attached hydrogen (secondary N) is 1. The third-order valence-electron chi connectivity index (χ3n) is 5.96. The summed E-state index contributed by atoms with van der Waals surface area (Å²) >= 11 is 0. The van der Waals surface area contributed by atoms with Gasteiger partial charge in [0.05, 0.1) is 11.7 Å². The van der Waals surface area contributed by atoms with Crippen LogP contribution < -0.4 is 5.32 Å². The summed E-state index contributed by atoms with van der Waals surface area (Å²) in [5, 5.41) is 12.6. The van der Waals surface area contributed by atoms with Crippen molar-refractivity contribution < 1.29 is 4.52 Å². The fraction of sp³-hybridized carbons (Fsp3) is 0.476. The summed E-state index contributed by atoms with van der Waals surface area (Å²) in [5.74, 6) is 1.27. The second kappa shape index (κ2) is 6.83. The van der Waals surface area contributed by atoms with E-state index < -0.39 is 0 Å². The number of benzene rings is 1. The summed E-state index contributed by atoms with van der Waals surface area (Å²) in [6, 6.07) is 6.64. The first-order valence-electron chi connectivity index (χ1n) is 10.0. The van der Waals surface area contributed by atoms with Crippen LogP contribution >= 0.6 is 0 Å². The van der Waals surface area contributed by atoms with Gasteiger partial charge >= 0.3 is 0 Å². The van der Waals surface area contributed by atoms with Crippen molar-refractivity contribution in [1.29, 1.82) is 0 Å². The Morgan fingerprint density at radius 1 is 1.21 bits per heavy atom. The van der Waals surface area contributed by atoms with Gasteiger partial charge < -0.3 is 9.84 Å². The van der Waals surface area contributed by atoms with Gasteiger partial charge in [0.2, 0.25) is 0 Å². The topological polar surface area (TPSA) is 72.0 Å². The molecule has 2 aromatic heterocycles. The molecule has 1 aromatic carbocycles. The van der Waals surface area contributed by atoms with Gasteiger partial charge in [-0.2, -0.15) is 10.1 Å². The van der Waals surface area contributed by atoms with Crippen molar-refractivity contribution in [3.8, 4) is 17.3 Å². The molecule has 7 nitrogen and oxygen atoms in total. The minimum Gasteiger partial charge on any atom is -0.332 e. The predicted molar refractivity (Wildman–Crippen MR) is 107 cm³/mol. The molecule has 0 radical (unpaired) electrons. The minimum atomic E-state index is 0.140. The third kappa shape index (κ3) is 2.86. The average Bonchev–Trinajstić information content (AvgIpc) is 3.39. The van der Waals surface area contributed by atoms with Crippen LogP contribution in [-0.2, 0) is 12.8 Å². The Morgan fingerprint density at radius 2 is 2.11 bits per heavy atom. The van der Waals surface area contributed by atoms with Crippen LogP contribution in [0.25, 0.3) is 17.3 Å². The molecule has 7 heteroatoms. The fourth-order valence-corrected chi connectivity index (χ4v) is 4.41. The van der Waals surface area contributed by atoms with Crippen molar-refractivity contribution in [3.63, 3.8) is 0 Å². The lowest BCUT2D eigenvalue weighted by Gasteiger charge is -2.30. The molecule has 2 aliphatic rings. The van der Waals surface area contributed by atoms with Crippen molar-refractivity contribution >= 4 is 0 Å². The van der Waals surface area contributed by atoms with E-state index in [0.717, 1.165) is 56.1 Å². The van der Waals surface area contributed by atoms with Crippen molar-refractivity contribution in [2.45, 2.75) is 39.2 Å². The lowest BCUT2D eigenvalue weighted by atomic mass is 10.1. The van der Waals surface area contributed by atoms with Gasteiger partial charge in [0.15, 0.2) is 11.5 Å². The molecule has 1 aliphatic heterocycles. The van der Waals surface area contributed by atoms with Gasteiger partial charge in [0.1, 0.15) is 0 Å². The van der Waals surface area contributed by atoms with E-state index in [2.05, 4.69) is 59.1 Å². The number of likely N-dealkylation sites (N-methyl/N-ethyl adjacent to an activating group) is 1. The van der Waals surface area contributed by atoms with Crippen LogP contribution in [0.1, 0.15) is 40.7 Å². The van der Waals surface area contributed by atoms with Crippen LogP contribution in [0.5, 0.6) is 0 Å². The third-order valence-corrected chi connectivity index (χ3v) is 5.96. The van der Waals surface area contributed by atoms with Crippen molar-refractivity contribution in [2.24, 2.45) is 0 Å². The molecule has 1 unspecified atom stereocenters. The number of hydrogen-bond acceptors (Lipinski definition) is 6. The normalized spacial score (nSPS) is 19.9. The van der Waals surface area contributed by atoms with Gasteiger partial charge in [0.25, 0.3) is 5.89 Å². The van der Waals surface area contributed by atoms with Crippen LogP contribution in [0.2, 0.25) is 0 Å². The SMILES string of the molecule is Cc1ccc(-n2nc(-c3nc(C4CNCCN4C)no3)c3c2CCC3)c(C)c1. The lowest BCUT2D eigenvalue weighted by Crippen LogP contribution is -2.44. The van der Waals surface area contributed by atoms with Crippen molar-refractivity contribution in [1.82, 2.24) is 30.1 Å². The molecule has 146 valence electrons. The highest BCUT2D eigenvalue weighted by Crippen LogP contribution is 2.34. The molecule has 0 amide bonds. The zero-order valence-corrected chi connectivity index (χ0v) is 16.7. The van der Waals surface area contributed by atoms with Gasteiger partial charge in [-0.1, -0.05) is 22.9 Å². The number of aromatic nitrogens is 4. The number of aryl methyl sites for hydroxylation is 2. The number of hydrogen-bond donors (Lipinski definition) is 1. The first-order chi connectivity index (χ1) is 13.6. The van der Waals surface area contributed by atoms with Crippen LogP contribution in [0.15, 0.2) is 22.7 Å². The largest absolute Gasteiger partial charge is 0.332 e. The lowest BCUT2D eigenvalue weighted by molar-refractivity contribution is 0.190. The summed E-state index contributed by atoms with van der Waals surface area (Å²) in [6.45, 7) is 7.07. The van der Waals surface area contributed by atoms with Crippen LogP contribution in [0, 0.1) is 13.8 Å². The van der Waals surface area contributed by atoms with Crippen LogP contribution in [0.4, 0.5) is 0 Å². The predicted octanol–water partition coefficient (Wildman–Crippen LogP) is 2.60. The summed E-state index contributed by atoms with van der Waals surface area (Å²) < 4.78 is 7.77. The van der Waals surface area contributed by atoms with Crippen LogP contribution in [-0.4, -0.2) is 51.5 Å². The zero-order valence-electron chi connectivity index (χ0n) is 16.7. The molecule has 1 aliphatic carbocycles. The number of fused-ring (bicyclic) bond motifs is 1. The van der Waals surface area contributed by atoms with Gasteiger partial charge in [-0.25, -0.2) is 4.68 Å². The second-order valence-corrected chi connectivity index (χ2v) is 7.99. The molecule has 3 heterocycles. The van der Waals surface area contributed by atoms with Crippen molar-refractivity contribution in [2.75, 3.05) is 26.7 Å². The van der Waals surface area contributed by atoms with E-state index >= 15 is 0 Å². The Balaban J connectivity index is 1.55. The Hall–Kier alpha value is -2.51. The zero-order chi connectivity index (χ0) is 19.3. The fourth-order valence-electron chi connectivity index (χ4n) is 4.41. The summed E-state index contributed by atoms with van der Waals surface area (Å²) in [6.07, 6.45) is 3.19. The monoisotopic (exact) mass is 378 g/mol. The molecule has 3 aromatic rings. The summed E-state index contributed by atoms with van der Waals surface area (Å²) in [4.78, 5) is 7.01. The van der Waals surface area contributed by atoms with Gasteiger partial charge in [-0.15, -0.1) is 0 Å². The van der Waals surface area contributed by atoms with E-state index in [1.165, 1.54) is 22.4 Å². The highest BCUT2D eigenvalue weighted by atomic mass is 16.5. The first-order valence-corrected chi connectivity index (χ1v) is 10.0. The smallest absolute Gasteiger partial charge is 0.278 e. The van der Waals surface area contributed by atoms with E-state index in [1.54, 1.807) is 0 Å². The maximum absolute atomic E-state index is 5.68. The van der Waals surface area contributed by atoms with Gasteiger partial charge in [0, 0.05) is 30.9 Å². The average molecular weight is 378 g/mol. The van der Waals surface area contributed by atoms with E-state index in [0.29, 0.717) is 5.89 Å². The first kappa shape index (κ1) is 17.6. The molecule has 1 atom stereocenters. The molecule has 5 rings (SSSR count). The van der Waals surface area contributed by atoms with Crippen molar-refractivity contribution in [3.05, 3.63) is 46.4 Å². The van der Waals surface area contributed by atoms with E-state index in [1.807, 2.05) is 0 Å². The molecule has 1 saturated heterocycles. The Morgan fingerprint density at radius 3 is 2.93 bits per heavy atom. The highest BCUT2D eigenvalue weighted by Gasteiger charge is 2.30. The molecule has 0 bridgehead atoms. The number of nitrogens with zero attached hydrogens (tertiary/aromatic N) is 5. The van der Waals surface area contributed by atoms with E-state index in [4.69, 9.17) is 14.6 Å². The molecule has 0 spiro atoms. The number of rotatable bonds is 3. The maximum atomic E-state index is 5.68. The standard InChI is InChI=1S/C21H26N6O/c1-13-7-8-16(14(2)11-13)27-17-6-4-5-15(17)19(24-27)21-23-20(25-28-21)18-12-22-9-10-26(18)3/h7-8,11,18,22H,4-6,9-10,12H2,1-3H3. The Bertz CT molecular complexity index is 1020. The molecular formula is C21H26N6O. The number of piperazine rings is 1. The molecule has 0 saturated carbocycles. The maximum Gasteiger partial charge on any atom is 0.278 e. The van der Waals surface area contributed by atoms with Gasteiger partial charge in [-0.3, -0.25) is 4.90 Å². The van der Waals surface area contributed by atoms with Gasteiger partial charge in [-0.05, 0) is 51.8 Å². The van der Waals surface area contributed by atoms with Crippen LogP contribution in [0.3, 0.4) is 0 Å². The summed E-state index contributed by atoms with van der Waals surface area (Å²) in [7, 11) is 2.11. The summed E-state index contributed by atoms with van der Waals surface area (Å²) in [5.41, 5.74) is 6.99.